The Morgan fingerprint density at radius 3 is 2.40 bits per heavy atom. The Labute approximate surface area is 176 Å². The lowest BCUT2D eigenvalue weighted by Crippen LogP contribution is -2.53. The van der Waals surface area contributed by atoms with Crippen LogP contribution in [0.3, 0.4) is 0 Å². The highest BCUT2D eigenvalue weighted by Gasteiger charge is 2.42. The molecule has 0 saturated carbocycles. The lowest BCUT2D eigenvalue weighted by atomic mass is 10.1. The number of benzene rings is 2. The Kier molecular flexibility index (Phi) is 4.69. The van der Waals surface area contributed by atoms with Crippen molar-refractivity contribution in [3.05, 3.63) is 65.7 Å². The Bertz CT molecular complexity index is 1260. The summed E-state index contributed by atoms with van der Waals surface area (Å²) in [4.78, 5) is 18.8. The van der Waals surface area contributed by atoms with E-state index in [9.17, 15) is 13.2 Å². The van der Waals surface area contributed by atoms with Crippen LogP contribution in [0.4, 0.5) is 11.4 Å². The van der Waals surface area contributed by atoms with Crippen molar-refractivity contribution in [1.29, 1.82) is 0 Å². The number of hydrogen-bond acceptors (Lipinski definition) is 4. The highest BCUT2D eigenvalue weighted by atomic mass is 32.2. The molecule has 0 fully saturated rings. The molecule has 0 N–H and O–H groups in total. The predicted octanol–water partition coefficient (Wildman–Crippen LogP) is 3.36. The molecular formula is C22H24N4O3S. The van der Waals surface area contributed by atoms with Gasteiger partial charge >= 0.3 is 0 Å². The molecule has 1 atom stereocenters. The molecular weight excluding hydrogens is 400 g/mol. The number of likely N-dealkylation sites (N-methyl/N-ethyl adjacent to an activating group) is 1. The molecule has 0 aliphatic carbocycles. The minimum Gasteiger partial charge on any atom is -0.312 e. The van der Waals surface area contributed by atoms with E-state index in [4.69, 9.17) is 0 Å². The molecule has 7 nitrogen and oxygen atoms in total. The van der Waals surface area contributed by atoms with Crippen LogP contribution in [0.25, 0.3) is 5.69 Å². The molecule has 30 heavy (non-hydrogen) atoms. The Balaban J connectivity index is 1.86. The number of carbonyl (C=O) groups excluding carboxylic acids is 1. The number of carbonyl (C=O) groups is 1. The lowest BCUT2D eigenvalue weighted by Gasteiger charge is -2.40. The third-order valence-corrected chi connectivity index (χ3v) is 7.57. The number of para-hydroxylation sites is 1. The van der Waals surface area contributed by atoms with Gasteiger partial charge in [0.15, 0.2) is 0 Å². The van der Waals surface area contributed by atoms with Gasteiger partial charge in [0.1, 0.15) is 6.04 Å². The van der Waals surface area contributed by atoms with Crippen LogP contribution < -0.4 is 9.21 Å². The second-order valence-corrected chi connectivity index (χ2v) is 9.47. The Hall–Kier alpha value is -3.13. The Morgan fingerprint density at radius 2 is 1.77 bits per heavy atom. The predicted molar refractivity (Wildman–Crippen MR) is 117 cm³/mol. The number of amides is 1. The number of imidazole rings is 1. The molecule has 8 heteroatoms. The topological polar surface area (TPSA) is 75.5 Å². The summed E-state index contributed by atoms with van der Waals surface area (Å²) in [6.07, 6.45) is 3.57. The van der Waals surface area contributed by atoms with E-state index in [1.165, 1.54) is 9.21 Å². The van der Waals surface area contributed by atoms with Crippen LogP contribution in [-0.4, -0.2) is 37.0 Å². The largest absolute Gasteiger partial charge is 0.312 e. The Morgan fingerprint density at radius 1 is 1.03 bits per heavy atom. The molecule has 1 aromatic heterocycles. The molecule has 0 saturated heterocycles. The summed E-state index contributed by atoms with van der Waals surface area (Å²) >= 11 is 0. The second kappa shape index (κ2) is 6.98. The third kappa shape index (κ3) is 2.99. The van der Waals surface area contributed by atoms with Gasteiger partial charge < -0.3 is 9.47 Å². The maximum atomic E-state index is 13.8. The van der Waals surface area contributed by atoms with E-state index in [-0.39, 0.29) is 10.8 Å². The van der Waals surface area contributed by atoms with Crippen LogP contribution >= 0.6 is 0 Å². The first kappa shape index (κ1) is 20.2. The summed E-state index contributed by atoms with van der Waals surface area (Å²) in [5.74, 6) is -0.264. The van der Waals surface area contributed by atoms with Gasteiger partial charge in [0.05, 0.1) is 28.3 Å². The van der Waals surface area contributed by atoms with Crippen molar-refractivity contribution in [1.82, 2.24) is 9.55 Å². The molecule has 0 unspecified atom stereocenters. The number of aryl methyl sites for hydroxylation is 3. The van der Waals surface area contributed by atoms with Gasteiger partial charge in [0.25, 0.3) is 10.0 Å². The molecule has 2 heterocycles. The fraction of sp³-hybridized carbons (Fsp3) is 0.273. The van der Waals surface area contributed by atoms with E-state index in [2.05, 4.69) is 4.98 Å². The number of nitrogens with zero attached hydrogens (tertiary/aromatic N) is 4. The van der Waals surface area contributed by atoms with E-state index in [1.807, 2.05) is 42.8 Å². The average Bonchev–Trinajstić information content (AvgIpc) is 3.13. The van der Waals surface area contributed by atoms with Crippen molar-refractivity contribution < 1.29 is 13.2 Å². The number of fused-ring (bicyclic) bond motifs is 1. The van der Waals surface area contributed by atoms with Crippen LogP contribution in [0.15, 0.2) is 53.8 Å². The van der Waals surface area contributed by atoms with Crippen LogP contribution in [0.1, 0.15) is 23.7 Å². The zero-order chi connectivity index (χ0) is 21.8. The molecule has 0 radical (unpaired) electrons. The number of anilines is 2. The van der Waals surface area contributed by atoms with Crippen molar-refractivity contribution in [2.24, 2.45) is 0 Å². The first-order chi connectivity index (χ1) is 14.1. The molecule has 0 bridgehead atoms. The summed E-state index contributed by atoms with van der Waals surface area (Å²) < 4.78 is 30.7. The molecule has 1 aliphatic heterocycles. The first-order valence-electron chi connectivity index (χ1n) is 9.66. The van der Waals surface area contributed by atoms with Gasteiger partial charge in [-0.05, 0) is 63.1 Å². The summed E-state index contributed by atoms with van der Waals surface area (Å²) in [5.41, 5.74) is 4.23. The first-order valence-corrected chi connectivity index (χ1v) is 11.1. The van der Waals surface area contributed by atoms with Gasteiger partial charge in [-0.1, -0.05) is 12.1 Å². The van der Waals surface area contributed by atoms with E-state index in [0.29, 0.717) is 16.9 Å². The summed E-state index contributed by atoms with van der Waals surface area (Å²) in [6.45, 7) is 7.15. The fourth-order valence-corrected chi connectivity index (χ4v) is 5.88. The summed E-state index contributed by atoms with van der Waals surface area (Å²) in [6, 6.07) is 9.77. The number of sulfonamides is 1. The van der Waals surface area contributed by atoms with Crippen molar-refractivity contribution in [3.63, 3.8) is 0 Å². The van der Waals surface area contributed by atoms with Gasteiger partial charge in [-0.3, -0.25) is 9.10 Å². The molecule has 0 spiro atoms. The zero-order valence-electron chi connectivity index (χ0n) is 17.6. The molecule has 3 aromatic rings. The van der Waals surface area contributed by atoms with Crippen LogP contribution in [0, 0.1) is 20.8 Å². The van der Waals surface area contributed by atoms with Gasteiger partial charge in [0.2, 0.25) is 5.91 Å². The molecule has 4 rings (SSSR count). The lowest BCUT2D eigenvalue weighted by molar-refractivity contribution is -0.119. The molecule has 1 aliphatic rings. The molecule has 2 aromatic carbocycles. The van der Waals surface area contributed by atoms with E-state index in [1.54, 1.807) is 45.4 Å². The van der Waals surface area contributed by atoms with Gasteiger partial charge in [0, 0.05) is 18.9 Å². The molecule has 1 amide bonds. The minimum atomic E-state index is -3.97. The van der Waals surface area contributed by atoms with Crippen molar-refractivity contribution in [3.8, 4) is 5.69 Å². The van der Waals surface area contributed by atoms with Crippen LogP contribution in [0.5, 0.6) is 0 Å². The maximum absolute atomic E-state index is 13.8. The molecule has 156 valence electrons. The fourth-order valence-electron chi connectivity index (χ4n) is 3.97. The van der Waals surface area contributed by atoms with Crippen molar-refractivity contribution in [2.45, 2.75) is 38.6 Å². The number of rotatable bonds is 3. The smallest absolute Gasteiger partial charge is 0.265 e. The van der Waals surface area contributed by atoms with Gasteiger partial charge in [-0.25, -0.2) is 13.4 Å². The number of hydrogen-bond donors (Lipinski definition) is 0. The maximum Gasteiger partial charge on any atom is 0.265 e. The zero-order valence-corrected chi connectivity index (χ0v) is 18.4. The van der Waals surface area contributed by atoms with Gasteiger partial charge in [-0.15, -0.1) is 0 Å². The van der Waals surface area contributed by atoms with E-state index in [0.717, 1.165) is 16.9 Å². The quantitative estimate of drug-likeness (QED) is 0.646. The normalized spacial score (nSPS) is 16.7. The van der Waals surface area contributed by atoms with E-state index < -0.39 is 16.1 Å². The summed E-state index contributed by atoms with van der Waals surface area (Å²) in [7, 11) is -2.29. The van der Waals surface area contributed by atoms with Crippen molar-refractivity contribution in [2.75, 3.05) is 16.3 Å². The highest BCUT2D eigenvalue weighted by molar-refractivity contribution is 7.93. The third-order valence-electron chi connectivity index (χ3n) is 5.54. The standard InChI is InChI=1S/C22H24N4O3S/c1-14-7-6-8-19-21(14)26(17(4)22(27)24(19)5)30(28,29)20-10-9-18(11-15(20)2)25-12-16(3)23-13-25/h6-13,17H,1-5H3/t17-/m0/s1. The van der Waals surface area contributed by atoms with E-state index >= 15 is 0 Å². The van der Waals surface area contributed by atoms with Crippen molar-refractivity contribution >= 4 is 27.3 Å². The SMILES string of the molecule is Cc1cn(-c2ccc(S(=O)(=O)N3c4c(C)cccc4N(C)C(=O)[C@@H]3C)c(C)c2)cn1. The highest BCUT2D eigenvalue weighted by Crippen LogP contribution is 2.41. The summed E-state index contributed by atoms with van der Waals surface area (Å²) in [5, 5.41) is 0. The van der Waals surface area contributed by atoms with Gasteiger partial charge in [-0.2, -0.15) is 0 Å². The minimum absolute atomic E-state index is 0.182. The van der Waals surface area contributed by atoms with Crippen LogP contribution in [-0.2, 0) is 14.8 Å². The van der Waals surface area contributed by atoms with Crippen LogP contribution in [0.2, 0.25) is 0 Å². The average molecular weight is 425 g/mol. The second-order valence-electron chi connectivity index (χ2n) is 7.69. The monoisotopic (exact) mass is 424 g/mol. The number of aromatic nitrogens is 2.